The van der Waals surface area contributed by atoms with Crippen LogP contribution in [-0.4, -0.2) is 11.1 Å². The molecule has 2 nitrogen and oxygen atoms in total. The summed E-state index contributed by atoms with van der Waals surface area (Å²) >= 11 is 0. The largest absolute Gasteiger partial charge is 0.481 e. The van der Waals surface area contributed by atoms with Crippen molar-refractivity contribution in [2.75, 3.05) is 0 Å². The molecule has 0 amide bonds. The number of aliphatic carboxylic acids is 1. The van der Waals surface area contributed by atoms with Gasteiger partial charge in [0.15, 0.2) is 0 Å². The maximum Gasteiger partial charge on any atom is 0.313 e. The van der Waals surface area contributed by atoms with E-state index in [1.807, 2.05) is 31.2 Å². The molecule has 15 heavy (non-hydrogen) atoms. The fourth-order valence-corrected chi connectivity index (χ4v) is 1.48. The molecule has 1 N–H and O–H groups in total. The van der Waals surface area contributed by atoms with Crippen LogP contribution < -0.4 is 0 Å². The van der Waals surface area contributed by atoms with Gasteiger partial charge in [-0.25, -0.2) is 0 Å². The van der Waals surface area contributed by atoms with Crippen molar-refractivity contribution in [3.05, 3.63) is 48.0 Å². The summed E-state index contributed by atoms with van der Waals surface area (Å²) in [5, 5.41) is 9.09. The number of aryl methyl sites for hydroxylation is 1. The molecule has 0 aliphatic rings. The smallest absolute Gasteiger partial charge is 0.313 e. The molecule has 0 fully saturated rings. The summed E-state index contributed by atoms with van der Waals surface area (Å²) in [6.07, 6.45) is 1.98. The van der Waals surface area contributed by atoms with Crippen LogP contribution in [0.4, 0.5) is 0 Å². The Hall–Kier alpha value is -1.57. The third-order valence-corrected chi connectivity index (χ3v) is 2.59. The zero-order valence-electron chi connectivity index (χ0n) is 9.16. The number of benzene rings is 1. The van der Waals surface area contributed by atoms with Crippen LogP contribution in [0.1, 0.15) is 18.1 Å². The van der Waals surface area contributed by atoms with Gasteiger partial charge in [-0.15, -0.1) is 6.58 Å². The van der Waals surface area contributed by atoms with E-state index >= 15 is 0 Å². The van der Waals surface area contributed by atoms with Crippen molar-refractivity contribution in [3.8, 4) is 0 Å². The van der Waals surface area contributed by atoms with Crippen LogP contribution in [0.3, 0.4) is 0 Å². The normalized spacial score (nSPS) is 14.3. The molecule has 1 atom stereocenters. The fraction of sp³-hybridized carbons (Fsp3) is 0.308. The molecular formula is C13H16O2. The number of carbonyl (C=O) groups is 1. The molecule has 0 aromatic heterocycles. The van der Waals surface area contributed by atoms with Crippen LogP contribution in [0.5, 0.6) is 0 Å². The highest BCUT2D eigenvalue weighted by atomic mass is 16.4. The van der Waals surface area contributed by atoms with Gasteiger partial charge in [0.2, 0.25) is 0 Å². The molecule has 0 saturated carbocycles. The molecule has 1 unspecified atom stereocenters. The molecule has 0 aliphatic carbocycles. The van der Waals surface area contributed by atoms with Crippen molar-refractivity contribution in [3.63, 3.8) is 0 Å². The second-order valence-corrected chi connectivity index (χ2v) is 4.09. The molecule has 0 radical (unpaired) electrons. The Morgan fingerprint density at radius 2 is 2.27 bits per heavy atom. The van der Waals surface area contributed by atoms with Gasteiger partial charge in [0, 0.05) is 0 Å². The zero-order valence-corrected chi connectivity index (χ0v) is 9.16. The number of hydrogen-bond acceptors (Lipinski definition) is 1. The van der Waals surface area contributed by atoms with Crippen LogP contribution in [0.15, 0.2) is 36.9 Å². The molecule has 0 aliphatic heterocycles. The average Bonchev–Trinajstić information content (AvgIpc) is 2.17. The maximum atomic E-state index is 11.1. The van der Waals surface area contributed by atoms with Gasteiger partial charge in [0.25, 0.3) is 0 Å². The van der Waals surface area contributed by atoms with Gasteiger partial charge in [-0.3, -0.25) is 4.79 Å². The fourth-order valence-electron chi connectivity index (χ4n) is 1.48. The van der Waals surface area contributed by atoms with Crippen molar-refractivity contribution in [1.82, 2.24) is 0 Å². The van der Waals surface area contributed by atoms with Gasteiger partial charge in [-0.05, 0) is 25.8 Å². The second kappa shape index (κ2) is 4.30. The monoisotopic (exact) mass is 204 g/mol. The highest BCUT2D eigenvalue weighted by Gasteiger charge is 2.29. The van der Waals surface area contributed by atoms with Crippen LogP contribution >= 0.6 is 0 Å². The minimum absolute atomic E-state index is 0.480. The summed E-state index contributed by atoms with van der Waals surface area (Å²) in [6.45, 7) is 7.27. The van der Waals surface area contributed by atoms with E-state index in [2.05, 4.69) is 6.58 Å². The first-order chi connectivity index (χ1) is 6.98. The predicted octanol–water partition coefficient (Wildman–Crippen LogP) is 2.81. The van der Waals surface area contributed by atoms with Crippen molar-refractivity contribution < 1.29 is 9.90 Å². The summed E-state index contributed by atoms with van der Waals surface area (Å²) in [6, 6.07) is 7.88. The van der Waals surface area contributed by atoms with E-state index in [0.29, 0.717) is 6.42 Å². The topological polar surface area (TPSA) is 37.3 Å². The lowest BCUT2D eigenvalue weighted by molar-refractivity contribution is -0.145. The first kappa shape index (κ1) is 11.5. The summed E-state index contributed by atoms with van der Waals surface area (Å²) in [5.41, 5.74) is 1.29. The Kier molecular flexibility index (Phi) is 3.30. The van der Waals surface area contributed by atoms with Gasteiger partial charge >= 0.3 is 5.97 Å². The summed E-state index contributed by atoms with van der Waals surface area (Å²) < 4.78 is 0. The van der Waals surface area contributed by atoms with E-state index in [9.17, 15) is 4.79 Å². The highest BCUT2D eigenvalue weighted by molar-refractivity contribution is 5.76. The first-order valence-electron chi connectivity index (χ1n) is 4.90. The lowest BCUT2D eigenvalue weighted by Gasteiger charge is -2.20. The molecule has 0 heterocycles. The van der Waals surface area contributed by atoms with E-state index in [-0.39, 0.29) is 0 Å². The second-order valence-electron chi connectivity index (χ2n) is 4.09. The van der Waals surface area contributed by atoms with Gasteiger partial charge in [0.05, 0.1) is 5.41 Å². The lowest BCUT2D eigenvalue weighted by Crippen LogP contribution is -2.27. The molecule has 1 aromatic rings. The predicted molar refractivity (Wildman–Crippen MR) is 60.8 cm³/mol. The van der Waals surface area contributed by atoms with E-state index < -0.39 is 11.4 Å². The molecule has 0 bridgehead atoms. The maximum absolute atomic E-state index is 11.1. The van der Waals surface area contributed by atoms with Gasteiger partial charge in [-0.2, -0.15) is 0 Å². The first-order valence-corrected chi connectivity index (χ1v) is 4.90. The third kappa shape index (κ3) is 2.69. The van der Waals surface area contributed by atoms with Crippen molar-refractivity contribution in [2.24, 2.45) is 5.41 Å². The van der Waals surface area contributed by atoms with E-state index in [1.54, 1.807) is 6.92 Å². The SMILES string of the molecule is C=CC(C)(Cc1cccc(C)c1)C(=O)O. The Morgan fingerprint density at radius 3 is 2.73 bits per heavy atom. The van der Waals surface area contributed by atoms with Gasteiger partial charge < -0.3 is 5.11 Å². The average molecular weight is 204 g/mol. The van der Waals surface area contributed by atoms with Crippen LogP contribution in [0, 0.1) is 12.3 Å². The van der Waals surface area contributed by atoms with Crippen LogP contribution in [0.2, 0.25) is 0 Å². The van der Waals surface area contributed by atoms with E-state index in [1.165, 1.54) is 6.08 Å². The summed E-state index contributed by atoms with van der Waals surface area (Å²) in [5.74, 6) is -0.834. The van der Waals surface area contributed by atoms with E-state index in [4.69, 9.17) is 5.11 Å². The van der Waals surface area contributed by atoms with Crippen molar-refractivity contribution in [2.45, 2.75) is 20.3 Å². The number of hydrogen-bond donors (Lipinski definition) is 1. The third-order valence-electron chi connectivity index (χ3n) is 2.59. The quantitative estimate of drug-likeness (QED) is 0.766. The standard InChI is InChI=1S/C13H16O2/c1-4-13(3,12(14)15)9-11-7-5-6-10(2)8-11/h4-8H,1,9H2,2-3H3,(H,14,15). The Labute approximate surface area is 90.3 Å². The van der Waals surface area contributed by atoms with Crippen LogP contribution in [0.25, 0.3) is 0 Å². The van der Waals surface area contributed by atoms with Crippen LogP contribution in [-0.2, 0) is 11.2 Å². The van der Waals surface area contributed by atoms with Crippen molar-refractivity contribution in [1.29, 1.82) is 0 Å². The zero-order chi connectivity index (χ0) is 11.5. The molecule has 1 rings (SSSR count). The minimum Gasteiger partial charge on any atom is -0.481 e. The lowest BCUT2D eigenvalue weighted by atomic mass is 9.83. The minimum atomic E-state index is -0.881. The molecule has 80 valence electrons. The highest BCUT2D eigenvalue weighted by Crippen LogP contribution is 2.24. The molecule has 0 saturated heterocycles. The number of carboxylic acid groups (broad SMARTS) is 1. The molecular weight excluding hydrogens is 188 g/mol. The van der Waals surface area contributed by atoms with E-state index in [0.717, 1.165) is 11.1 Å². The number of carboxylic acids is 1. The molecule has 2 heteroatoms. The Morgan fingerprint density at radius 1 is 1.60 bits per heavy atom. The Balaban J connectivity index is 2.93. The Bertz CT molecular complexity index is 382. The molecule has 0 spiro atoms. The van der Waals surface area contributed by atoms with Gasteiger partial charge in [0.1, 0.15) is 0 Å². The summed E-state index contributed by atoms with van der Waals surface area (Å²) in [7, 11) is 0. The number of rotatable bonds is 4. The summed E-state index contributed by atoms with van der Waals surface area (Å²) in [4.78, 5) is 11.1. The van der Waals surface area contributed by atoms with Crippen molar-refractivity contribution >= 4 is 5.97 Å². The molecule has 1 aromatic carbocycles. The van der Waals surface area contributed by atoms with Gasteiger partial charge in [-0.1, -0.05) is 35.9 Å².